The van der Waals surface area contributed by atoms with Gasteiger partial charge in [0, 0.05) is 0 Å². The molecular formula is C15H20N2S. The predicted molar refractivity (Wildman–Crippen MR) is 78.7 cm³/mol. The number of hydrazine groups is 1. The van der Waals surface area contributed by atoms with Crippen LogP contribution in [0.2, 0.25) is 0 Å². The molecule has 2 aromatic rings. The molecule has 0 saturated heterocycles. The molecule has 1 heterocycles. The fourth-order valence-corrected chi connectivity index (χ4v) is 3.13. The average Bonchev–Trinajstić information content (AvgIpc) is 2.78. The number of benzene rings is 1. The number of aryl methyl sites for hydroxylation is 2. The molecule has 0 amide bonds. The Morgan fingerprint density at radius 3 is 2.78 bits per heavy atom. The molecule has 0 aliphatic heterocycles. The van der Waals surface area contributed by atoms with Gasteiger partial charge in [0.1, 0.15) is 0 Å². The Morgan fingerprint density at radius 2 is 2.17 bits per heavy atom. The van der Waals surface area contributed by atoms with Gasteiger partial charge in [0.15, 0.2) is 0 Å². The molecule has 0 spiro atoms. The van der Waals surface area contributed by atoms with Gasteiger partial charge >= 0.3 is 0 Å². The molecule has 1 unspecified atom stereocenters. The summed E-state index contributed by atoms with van der Waals surface area (Å²) in [5.41, 5.74) is 8.13. The zero-order valence-electron chi connectivity index (χ0n) is 10.9. The molecule has 1 aromatic heterocycles. The van der Waals surface area contributed by atoms with Gasteiger partial charge in [-0.2, -0.15) is 11.3 Å². The maximum atomic E-state index is 5.74. The van der Waals surface area contributed by atoms with Crippen LogP contribution in [0.1, 0.15) is 41.6 Å². The lowest BCUT2D eigenvalue weighted by Crippen LogP contribution is -2.29. The molecule has 0 radical (unpaired) electrons. The molecule has 96 valence electrons. The van der Waals surface area contributed by atoms with Crippen molar-refractivity contribution >= 4 is 11.3 Å². The first-order chi connectivity index (χ1) is 8.76. The molecule has 0 bridgehead atoms. The minimum atomic E-state index is 0.0908. The van der Waals surface area contributed by atoms with E-state index < -0.39 is 0 Å². The number of hydrogen-bond acceptors (Lipinski definition) is 3. The fraction of sp³-hybridized carbons (Fsp3) is 0.333. The molecule has 1 atom stereocenters. The summed E-state index contributed by atoms with van der Waals surface area (Å²) in [7, 11) is 0. The number of nitrogens with two attached hydrogens (primary N) is 1. The van der Waals surface area contributed by atoms with Crippen LogP contribution in [0.3, 0.4) is 0 Å². The second kappa shape index (κ2) is 6.14. The van der Waals surface area contributed by atoms with Gasteiger partial charge in [0.05, 0.1) is 6.04 Å². The van der Waals surface area contributed by atoms with E-state index in [0.717, 1.165) is 6.42 Å². The molecule has 0 fully saturated rings. The Kier molecular flexibility index (Phi) is 4.53. The quantitative estimate of drug-likeness (QED) is 0.637. The lowest BCUT2D eigenvalue weighted by atomic mass is 9.96. The zero-order chi connectivity index (χ0) is 13.0. The fourth-order valence-electron chi connectivity index (χ4n) is 2.25. The van der Waals surface area contributed by atoms with Crippen LogP contribution in [0.4, 0.5) is 0 Å². The smallest absolute Gasteiger partial charge is 0.0720 e. The third kappa shape index (κ3) is 2.80. The van der Waals surface area contributed by atoms with Crippen LogP contribution in [0.15, 0.2) is 35.0 Å². The van der Waals surface area contributed by atoms with Gasteiger partial charge in [0.25, 0.3) is 0 Å². The molecule has 0 aliphatic rings. The maximum Gasteiger partial charge on any atom is 0.0720 e. The summed E-state index contributed by atoms with van der Waals surface area (Å²) in [5.74, 6) is 5.74. The molecule has 18 heavy (non-hydrogen) atoms. The van der Waals surface area contributed by atoms with Crippen molar-refractivity contribution in [2.45, 2.75) is 32.7 Å². The third-order valence-corrected chi connectivity index (χ3v) is 4.08. The van der Waals surface area contributed by atoms with Gasteiger partial charge in [-0.3, -0.25) is 5.84 Å². The molecular weight excluding hydrogens is 240 g/mol. The van der Waals surface area contributed by atoms with Crippen molar-refractivity contribution in [3.8, 4) is 0 Å². The second-order valence-corrected chi connectivity index (χ2v) is 5.35. The highest BCUT2D eigenvalue weighted by atomic mass is 32.1. The first-order valence-corrected chi connectivity index (χ1v) is 7.28. The summed E-state index contributed by atoms with van der Waals surface area (Å²) in [4.78, 5) is 0. The van der Waals surface area contributed by atoms with Gasteiger partial charge in [-0.1, -0.05) is 37.6 Å². The summed E-state index contributed by atoms with van der Waals surface area (Å²) in [6.07, 6.45) is 2.29. The minimum Gasteiger partial charge on any atom is -0.271 e. The first kappa shape index (κ1) is 13.3. The average molecular weight is 260 g/mol. The summed E-state index contributed by atoms with van der Waals surface area (Å²) in [6.45, 7) is 4.33. The van der Waals surface area contributed by atoms with Crippen molar-refractivity contribution in [1.29, 1.82) is 0 Å². The molecule has 0 aliphatic carbocycles. The van der Waals surface area contributed by atoms with E-state index in [0.29, 0.717) is 0 Å². The van der Waals surface area contributed by atoms with Gasteiger partial charge in [-0.05, 0) is 46.4 Å². The third-order valence-electron chi connectivity index (χ3n) is 3.20. The van der Waals surface area contributed by atoms with E-state index in [-0.39, 0.29) is 6.04 Å². The lowest BCUT2D eigenvalue weighted by molar-refractivity contribution is 0.635. The lowest BCUT2D eigenvalue weighted by Gasteiger charge is -2.17. The maximum absolute atomic E-state index is 5.74. The van der Waals surface area contributed by atoms with Crippen molar-refractivity contribution in [2.24, 2.45) is 5.84 Å². The molecule has 1 aromatic carbocycles. The van der Waals surface area contributed by atoms with Gasteiger partial charge in [0.2, 0.25) is 0 Å². The topological polar surface area (TPSA) is 38.0 Å². The van der Waals surface area contributed by atoms with E-state index in [4.69, 9.17) is 5.84 Å². The van der Waals surface area contributed by atoms with Crippen LogP contribution in [0, 0.1) is 6.92 Å². The molecule has 3 N–H and O–H groups in total. The van der Waals surface area contributed by atoms with Crippen molar-refractivity contribution in [1.82, 2.24) is 5.43 Å². The van der Waals surface area contributed by atoms with E-state index >= 15 is 0 Å². The highest BCUT2D eigenvalue weighted by molar-refractivity contribution is 7.08. The standard InChI is InChI=1S/C15H20N2S/c1-3-5-12-6-4-7-13(8-12)15(17-16)14-10-18-9-11(14)2/h4,6-10,15,17H,3,5,16H2,1-2H3. The van der Waals surface area contributed by atoms with Crippen LogP contribution in [0.5, 0.6) is 0 Å². The number of hydrogen-bond donors (Lipinski definition) is 2. The zero-order valence-corrected chi connectivity index (χ0v) is 11.8. The molecule has 0 saturated carbocycles. The summed E-state index contributed by atoms with van der Waals surface area (Å²) >= 11 is 1.72. The monoisotopic (exact) mass is 260 g/mol. The van der Waals surface area contributed by atoms with Crippen molar-refractivity contribution in [3.05, 3.63) is 57.3 Å². The van der Waals surface area contributed by atoms with Crippen molar-refractivity contribution < 1.29 is 0 Å². The van der Waals surface area contributed by atoms with Gasteiger partial charge in [-0.15, -0.1) is 0 Å². The Bertz CT molecular complexity index is 505. The van der Waals surface area contributed by atoms with Crippen LogP contribution in [-0.4, -0.2) is 0 Å². The summed E-state index contributed by atoms with van der Waals surface area (Å²) < 4.78 is 0. The number of nitrogens with one attached hydrogen (secondary N) is 1. The van der Waals surface area contributed by atoms with E-state index in [1.54, 1.807) is 11.3 Å². The summed E-state index contributed by atoms with van der Waals surface area (Å²) in [6, 6.07) is 8.78. The first-order valence-electron chi connectivity index (χ1n) is 6.34. The summed E-state index contributed by atoms with van der Waals surface area (Å²) in [5, 5.41) is 4.34. The van der Waals surface area contributed by atoms with Crippen molar-refractivity contribution in [2.75, 3.05) is 0 Å². The predicted octanol–water partition coefficient (Wildman–Crippen LogP) is 3.56. The minimum absolute atomic E-state index is 0.0908. The Morgan fingerprint density at radius 1 is 1.33 bits per heavy atom. The normalized spacial score (nSPS) is 12.6. The highest BCUT2D eigenvalue weighted by Gasteiger charge is 2.15. The van der Waals surface area contributed by atoms with Crippen LogP contribution >= 0.6 is 11.3 Å². The molecule has 3 heteroatoms. The van der Waals surface area contributed by atoms with Crippen LogP contribution in [-0.2, 0) is 6.42 Å². The molecule has 2 rings (SSSR count). The van der Waals surface area contributed by atoms with E-state index in [1.165, 1.54) is 28.7 Å². The number of rotatable bonds is 5. The Balaban J connectivity index is 2.33. The van der Waals surface area contributed by atoms with E-state index in [9.17, 15) is 0 Å². The Hall–Kier alpha value is -1.16. The second-order valence-electron chi connectivity index (χ2n) is 4.60. The van der Waals surface area contributed by atoms with Crippen LogP contribution in [0.25, 0.3) is 0 Å². The molecule has 2 nitrogen and oxygen atoms in total. The number of thiophene rings is 1. The van der Waals surface area contributed by atoms with Gasteiger partial charge < -0.3 is 0 Å². The largest absolute Gasteiger partial charge is 0.271 e. The Labute approximate surface area is 113 Å². The van der Waals surface area contributed by atoms with E-state index in [2.05, 4.69) is 54.3 Å². The van der Waals surface area contributed by atoms with Crippen LogP contribution < -0.4 is 11.3 Å². The van der Waals surface area contributed by atoms with Gasteiger partial charge in [-0.25, -0.2) is 5.43 Å². The SMILES string of the molecule is CCCc1cccc(C(NN)c2cscc2C)c1. The van der Waals surface area contributed by atoms with Crippen molar-refractivity contribution in [3.63, 3.8) is 0 Å². The van der Waals surface area contributed by atoms with E-state index in [1.807, 2.05) is 0 Å². The highest BCUT2D eigenvalue weighted by Crippen LogP contribution is 2.27.